The Morgan fingerprint density at radius 1 is 1.19 bits per heavy atom. The maximum Gasteiger partial charge on any atom is 0.339 e. The van der Waals surface area contributed by atoms with E-state index in [1.807, 2.05) is 31.2 Å². The van der Waals surface area contributed by atoms with Crippen LogP contribution in [0.4, 0.5) is 5.69 Å². The molecule has 0 heterocycles. The fourth-order valence-electron chi connectivity index (χ4n) is 1.95. The highest BCUT2D eigenvalue weighted by molar-refractivity contribution is 5.92. The number of anilines is 1. The third-order valence-electron chi connectivity index (χ3n) is 3.12. The SMILES string of the molecule is COc1ccc(C(C)Oc2ccc(N)cc2C(=O)O)cc1. The van der Waals surface area contributed by atoms with E-state index < -0.39 is 5.97 Å². The Labute approximate surface area is 122 Å². The van der Waals surface area contributed by atoms with E-state index in [9.17, 15) is 9.90 Å². The number of benzene rings is 2. The summed E-state index contributed by atoms with van der Waals surface area (Å²) in [6.45, 7) is 1.85. The van der Waals surface area contributed by atoms with Gasteiger partial charge in [0.1, 0.15) is 23.2 Å². The number of hydrogen-bond donors (Lipinski definition) is 2. The van der Waals surface area contributed by atoms with Crippen LogP contribution in [0.15, 0.2) is 42.5 Å². The average molecular weight is 287 g/mol. The van der Waals surface area contributed by atoms with E-state index >= 15 is 0 Å². The number of nitrogen functional groups attached to an aromatic ring is 1. The Hall–Kier alpha value is -2.69. The number of carboxylic acid groups (broad SMARTS) is 1. The highest BCUT2D eigenvalue weighted by atomic mass is 16.5. The number of carbonyl (C=O) groups is 1. The Kier molecular flexibility index (Phi) is 4.33. The molecule has 21 heavy (non-hydrogen) atoms. The fraction of sp³-hybridized carbons (Fsp3) is 0.188. The normalized spacial score (nSPS) is 11.7. The van der Waals surface area contributed by atoms with Crippen molar-refractivity contribution in [2.75, 3.05) is 12.8 Å². The zero-order valence-corrected chi connectivity index (χ0v) is 11.9. The van der Waals surface area contributed by atoms with Gasteiger partial charge in [0.15, 0.2) is 0 Å². The molecule has 2 aromatic rings. The number of methoxy groups -OCH3 is 1. The molecule has 5 nitrogen and oxygen atoms in total. The maximum absolute atomic E-state index is 11.2. The first-order valence-corrected chi connectivity index (χ1v) is 6.44. The predicted molar refractivity (Wildman–Crippen MR) is 79.9 cm³/mol. The van der Waals surface area contributed by atoms with Crippen LogP contribution in [0.1, 0.15) is 28.9 Å². The first-order valence-electron chi connectivity index (χ1n) is 6.44. The summed E-state index contributed by atoms with van der Waals surface area (Å²) >= 11 is 0. The Bertz CT molecular complexity index is 637. The summed E-state index contributed by atoms with van der Waals surface area (Å²) in [4.78, 5) is 11.2. The summed E-state index contributed by atoms with van der Waals surface area (Å²) in [5.74, 6) is -0.0242. The molecule has 0 fully saturated rings. The van der Waals surface area contributed by atoms with Crippen LogP contribution in [0, 0.1) is 0 Å². The zero-order chi connectivity index (χ0) is 15.4. The largest absolute Gasteiger partial charge is 0.497 e. The van der Waals surface area contributed by atoms with Crippen molar-refractivity contribution in [3.8, 4) is 11.5 Å². The number of nitrogens with two attached hydrogens (primary N) is 1. The Morgan fingerprint density at radius 2 is 1.86 bits per heavy atom. The van der Waals surface area contributed by atoms with Gasteiger partial charge < -0.3 is 20.3 Å². The number of hydrogen-bond acceptors (Lipinski definition) is 4. The summed E-state index contributed by atoms with van der Waals surface area (Å²) in [6, 6.07) is 12.0. The third-order valence-corrected chi connectivity index (χ3v) is 3.12. The van der Waals surface area contributed by atoms with Crippen LogP contribution in [0.2, 0.25) is 0 Å². The van der Waals surface area contributed by atoms with Gasteiger partial charge in [-0.25, -0.2) is 4.79 Å². The van der Waals surface area contributed by atoms with Crippen LogP contribution in [-0.4, -0.2) is 18.2 Å². The minimum absolute atomic E-state index is 0.0513. The quantitative estimate of drug-likeness (QED) is 0.826. The van der Waals surface area contributed by atoms with E-state index in [1.54, 1.807) is 19.2 Å². The van der Waals surface area contributed by atoms with Crippen LogP contribution in [0.25, 0.3) is 0 Å². The van der Waals surface area contributed by atoms with Crippen LogP contribution < -0.4 is 15.2 Å². The second kappa shape index (κ2) is 6.17. The van der Waals surface area contributed by atoms with Gasteiger partial charge in [-0.15, -0.1) is 0 Å². The van der Waals surface area contributed by atoms with E-state index in [-0.39, 0.29) is 11.7 Å². The van der Waals surface area contributed by atoms with Crippen LogP contribution in [0.5, 0.6) is 11.5 Å². The lowest BCUT2D eigenvalue weighted by Gasteiger charge is -2.17. The van der Waals surface area contributed by atoms with Gasteiger partial charge in [-0.2, -0.15) is 0 Å². The zero-order valence-electron chi connectivity index (χ0n) is 11.9. The van der Waals surface area contributed by atoms with Crippen molar-refractivity contribution < 1.29 is 19.4 Å². The fourth-order valence-corrected chi connectivity index (χ4v) is 1.95. The number of carboxylic acids is 1. The molecule has 2 rings (SSSR count). The molecule has 0 saturated carbocycles. The summed E-state index contributed by atoms with van der Waals surface area (Å²) < 4.78 is 10.8. The first kappa shape index (κ1) is 14.7. The third kappa shape index (κ3) is 3.45. The van der Waals surface area contributed by atoms with E-state index in [2.05, 4.69) is 0 Å². The topological polar surface area (TPSA) is 81.8 Å². The van der Waals surface area contributed by atoms with Gasteiger partial charge in [0.2, 0.25) is 0 Å². The van der Waals surface area contributed by atoms with Crippen molar-refractivity contribution in [3.05, 3.63) is 53.6 Å². The second-order valence-corrected chi connectivity index (χ2v) is 4.59. The first-order chi connectivity index (χ1) is 10.0. The monoisotopic (exact) mass is 287 g/mol. The van der Waals surface area contributed by atoms with Crippen LogP contribution in [-0.2, 0) is 0 Å². The molecule has 0 saturated heterocycles. The van der Waals surface area contributed by atoms with Crippen molar-refractivity contribution >= 4 is 11.7 Å². The summed E-state index contributed by atoms with van der Waals surface area (Å²) in [5, 5.41) is 9.19. The molecule has 2 aromatic carbocycles. The summed E-state index contributed by atoms with van der Waals surface area (Å²) in [6.07, 6.45) is -0.294. The molecule has 1 unspecified atom stereocenters. The Balaban J connectivity index is 2.22. The van der Waals surface area contributed by atoms with Gasteiger partial charge in [-0.3, -0.25) is 0 Å². The summed E-state index contributed by atoms with van der Waals surface area (Å²) in [7, 11) is 1.60. The highest BCUT2D eigenvalue weighted by Gasteiger charge is 2.15. The maximum atomic E-state index is 11.2. The van der Waals surface area contributed by atoms with E-state index in [0.717, 1.165) is 11.3 Å². The molecule has 110 valence electrons. The van der Waals surface area contributed by atoms with Crippen LogP contribution >= 0.6 is 0 Å². The molecule has 5 heteroatoms. The molecule has 1 atom stereocenters. The lowest BCUT2D eigenvalue weighted by Crippen LogP contribution is -2.08. The minimum atomic E-state index is -1.07. The van der Waals surface area contributed by atoms with Gasteiger partial charge in [-0.1, -0.05) is 12.1 Å². The van der Waals surface area contributed by atoms with E-state index in [1.165, 1.54) is 6.07 Å². The van der Waals surface area contributed by atoms with Gasteiger partial charge in [0, 0.05) is 5.69 Å². The average Bonchev–Trinajstić information content (AvgIpc) is 2.49. The molecule has 3 N–H and O–H groups in total. The lowest BCUT2D eigenvalue weighted by molar-refractivity contribution is 0.0690. The van der Waals surface area contributed by atoms with Crippen molar-refractivity contribution in [1.29, 1.82) is 0 Å². The minimum Gasteiger partial charge on any atom is -0.497 e. The van der Waals surface area contributed by atoms with Crippen molar-refractivity contribution in [3.63, 3.8) is 0 Å². The molecule has 0 aliphatic carbocycles. The van der Waals surface area contributed by atoms with Crippen molar-refractivity contribution in [1.82, 2.24) is 0 Å². The van der Waals surface area contributed by atoms with Gasteiger partial charge in [-0.05, 0) is 42.8 Å². The summed E-state index contributed by atoms with van der Waals surface area (Å²) in [5.41, 5.74) is 6.96. The molecule has 0 spiro atoms. The number of rotatable bonds is 5. The number of aromatic carboxylic acids is 1. The predicted octanol–water partition coefficient (Wildman–Crippen LogP) is 3.12. The molecule has 0 aliphatic rings. The number of ether oxygens (including phenoxy) is 2. The molecule has 0 aliphatic heterocycles. The highest BCUT2D eigenvalue weighted by Crippen LogP contribution is 2.27. The Morgan fingerprint density at radius 3 is 2.43 bits per heavy atom. The van der Waals surface area contributed by atoms with Gasteiger partial charge in [0.25, 0.3) is 0 Å². The van der Waals surface area contributed by atoms with Crippen LogP contribution in [0.3, 0.4) is 0 Å². The molecule has 0 aromatic heterocycles. The van der Waals surface area contributed by atoms with E-state index in [4.69, 9.17) is 15.2 Å². The van der Waals surface area contributed by atoms with Crippen molar-refractivity contribution in [2.45, 2.75) is 13.0 Å². The standard InChI is InChI=1S/C16H17NO4/c1-10(11-3-6-13(20-2)7-4-11)21-15-8-5-12(17)9-14(15)16(18)19/h3-10H,17H2,1-2H3,(H,18,19). The van der Waals surface area contributed by atoms with Gasteiger partial charge >= 0.3 is 5.97 Å². The smallest absolute Gasteiger partial charge is 0.339 e. The molecular weight excluding hydrogens is 270 g/mol. The molecule has 0 bridgehead atoms. The van der Waals surface area contributed by atoms with Crippen molar-refractivity contribution in [2.24, 2.45) is 0 Å². The van der Waals surface area contributed by atoms with E-state index in [0.29, 0.717) is 11.4 Å². The lowest BCUT2D eigenvalue weighted by atomic mass is 10.1. The molecular formula is C16H17NO4. The molecule has 0 amide bonds. The van der Waals surface area contributed by atoms with Gasteiger partial charge in [0.05, 0.1) is 7.11 Å². The second-order valence-electron chi connectivity index (χ2n) is 4.59. The molecule has 0 radical (unpaired) electrons.